The molecule has 0 unspecified atom stereocenters. The van der Waals surface area contributed by atoms with Crippen LogP contribution in [-0.4, -0.2) is 52.4 Å². The minimum Gasteiger partial charge on any atom is -0.280 e. The third kappa shape index (κ3) is 4.00. The van der Waals surface area contributed by atoms with E-state index >= 15 is 0 Å². The van der Waals surface area contributed by atoms with Gasteiger partial charge in [0.2, 0.25) is 0 Å². The maximum Gasteiger partial charge on any atom is 0.305 e. The molecule has 0 bridgehead atoms. The van der Waals surface area contributed by atoms with E-state index in [4.69, 9.17) is 0 Å². The Hall–Kier alpha value is -2.89. The van der Waals surface area contributed by atoms with Crippen LogP contribution in [0.3, 0.4) is 0 Å². The summed E-state index contributed by atoms with van der Waals surface area (Å²) < 4.78 is 59.6. The first-order valence-electron chi connectivity index (χ1n) is 10.8. The molecule has 0 aliphatic carbocycles. The van der Waals surface area contributed by atoms with E-state index in [0.29, 0.717) is 31.3 Å². The summed E-state index contributed by atoms with van der Waals surface area (Å²) in [6, 6.07) is 8.08. The summed E-state index contributed by atoms with van der Waals surface area (Å²) in [7, 11) is -4.18. The topological polar surface area (TPSA) is 87.0 Å². The molecule has 0 saturated carbocycles. The standard InChI is InChI=1S/C22H23F2N5O3S/c23-15-8-9-18(24)16(13-15)19-6-3-10-27(19)21-7-4-12-29(21)33(31,32)26-22(30)17-14-25-28-11-2-1-5-20(17)28/h1-2,5,8-9,11,13-14,19,21H,3-4,6-7,10,12H2,(H,26,30)/t19-,21-/m1/s1. The second-order valence-electron chi connectivity index (χ2n) is 8.32. The van der Waals surface area contributed by atoms with Crippen molar-refractivity contribution >= 4 is 21.6 Å². The van der Waals surface area contributed by atoms with Crippen molar-refractivity contribution in [3.63, 3.8) is 0 Å². The molecule has 8 nitrogen and oxygen atoms in total. The molecule has 1 aromatic carbocycles. The third-order valence-electron chi connectivity index (χ3n) is 6.37. The summed E-state index contributed by atoms with van der Waals surface area (Å²) in [6.07, 6.45) is 4.92. The Balaban J connectivity index is 1.39. The number of halogens is 2. The van der Waals surface area contributed by atoms with Crippen LogP contribution in [0, 0.1) is 11.6 Å². The van der Waals surface area contributed by atoms with Crippen molar-refractivity contribution in [3.8, 4) is 0 Å². The lowest BCUT2D eigenvalue weighted by molar-refractivity contribution is 0.0962. The molecule has 4 heterocycles. The van der Waals surface area contributed by atoms with Gasteiger partial charge in [-0.2, -0.15) is 17.8 Å². The first kappa shape index (κ1) is 21.9. The van der Waals surface area contributed by atoms with E-state index in [1.807, 2.05) is 4.90 Å². The molecule has 2 saturated heterocycles. The van der Waals surface area contributed by atoms with Crippen LogP contribution in [-0.2, 0) is 10.2 Å². The predicted molar refractivity (Wildman–Crippen MR) is 116 cm³/mol. The third-order valence-corrected chi connectivity index (χ3v) is 7.86. The fraction of sp³-hybridized carbons (Fsp3) is 0.364. The molecule has 2 aromatic heterocycles. The van der Waals surface area contributed by atoms with Gasteiger partial charge in [-0.25, -0.2) is 18.0 Å². The molecule has 1 amide bonds. The number of fused-ring (bicyclic) bond motifs is 1. The lowest BCUT2D eigenvalue weighted by Crippen LogP contribution is -2.51. The molecule has 174 valence electrons. The minimum atomic E-state index is -4.18. The Kier molecular flexibility index (Phi) is 5.63. The van der Waals surface area contributed by atoms with E-state index in [2.05, 4.69) is 9.82 Å². The highest BCUT2D eigenvalue weighted by molar-refractivity contribution is 7.87. The SMILES string of the molecule is O=C(NS(=O)(=O)N1CCC[C@@H]1N1CCC[C@@H]1c1cc(F)ccc1F)c1cnn2ccccc12. The number of hydrogen-bond donors (Lipinski definition) is 1. The highest BCUT2D eigenvalue weighted by Gasteiger charge is 2.43. The molecule has 2 fully saturated rings. The lowest BCUT2D eigenvalue weighted by atomic mass is 10.0. The number of pyridine rings is 1. The number of amides is 1. The molecule has 5 rings (SSSR count). The number of carbonyl (C=O) groups is 1. The Morgan fingerprint density at radius 2 is 1.91 bits per heavy atom. The summed E-state index contributed by atoms with van der Waals surface area (Å²) in [5, 5.41) is 4.08. The Bertz CT molecular complexity index is 1310. The summed E-state index contributed by atoms with van der Waals surface area (Å²) in [4.78, 5) is 14.7. The fourth-order valence-corrected chi connectivity index (χ4v) is 6.30. The fourth-order valence-electron chi connectivity index (χ4n) is 4.92. The zero-order valence-electron chi connectivity index (χ0n) is 17.7. The molecule has 33 heavy (non-hydrogen) atoms. The maximum absolute atomic E-state index is 14.5. The van der Waals surface area contributed by atoms with Gasteiger partial charge in [-0.15, -0.1) is 0 Å². The van der Waals surface area contributed by atoms with Crippen LogP contribution >= 0.6 is 0 Å². The van der Waals surface area contributed by atoms with Gasteiger partial charge in [0.15, 0.2) is 0 Å². The number of rotatable bonds is 5. The van der Waals surface area contributed by atoms with Gasteiger partial charge in [-0.05, 0) is 56.0 Å². The number of benzene rings is 1. The van der Waals surface area contributed by atoms with Gasteiger partial charge in [0.05, 0.1) is 23.4 Å². The van der Waals surface area contributed by atoms with Gasteiger partial charge < -0.3 is 0 Å². The zero-order chi connectivity index (χ0) is 23.2. The van der Waals surface area contributed by atoms with Gasteiger partial charge in [-0.1, -0.05) is 6.07 Å². The Labute approximate surface area is 190 Å². The average molecular weight is 476 g/mol. The Morgan fingerprint density at radius 1 is 1.09 bits per heavy atom. The summed E-state index contributed by atoms with van der Waals surface area (Å²) in [6.45, 7) is 0.788. The van der Waals surface area contributed by atoms with E-state index in [-0.39, 0.29) is 17.7 Å². The van der Waals surface area contributed by atoms with Crippen molar-refractivity contribution in [3.05, 3.63) is 71.6 Å². The minimum absolute atomic E-state index is 0.149. The second kappa shape index (κ2) is 8.47. The van der Waals surface area contributed by atoms with Gasteiger partial charge in [0.1, 0.15) is 11.6 Å². The number of nitrogens with one attached hydrogen (secondary N) is 1. The van der Waals surface area contributed by atoms with Crippen LogP contribution in [0.15, 0.2) is 48.8 Å². The predicted octanol–water partition coefficient (Wildman–Crippen LogP) is 2.85. The molecule has 1 N–H and O–H groups in total. The first-order valence-corrected chi connectivity index (χ1v) is 12.3. The zero-order valence-corrected chi connectivity index (χ0v) is 18.5. The normalized spacial score (nSPS) is 22.2. The lowest BCUT2D eigenvalue weighted by Gasteiger charge is -2.35. The molecule has 0 radical (unpaired) electrons. The number of carbonyl (C=O) groups excluding carboxylic acids is 1. The van der Waals surface area contributed by atoms with Crippen molar-refractivity contribution in [2.45, 2.75) is 37.9 Å². The molecular formula is C22H23F2N5O3S. The largest absolute Gasteiger partial charge is 0.305 e. The molecule has 11 heteroatoms. The van der Waals surface area contributed by atoms with Crippen LogP contribution in [0.4, 0.5) is 8.78 Å². The van der Waals surface area contributed by atoms with Gasteiger partial charge in [-0.3, -0.25) is 9.69 Å². The highest BCUT2D eigenvalue weighted by atomic mass is 32.2. The van der Waals surface area contributed by atoms with Crippen molar-refractivity contribution in [2.24, 2.45) is 0 Å². The van der Waals surface area contributed by atoms with Crippen molar-refractivity contribution in [1.29, 1.82) is 0 Å². The maximum atomic E-state index is 14.5. The molecule has 2 aliphatic heterocycles. The van der Waals surface area contributed by atoms with Crippen LogP contribution in [0.2, 0.25) is 0 Å². The summed E-state index contributed by atoms with van der Waals surface area (Å²) in [5.74, 6) is -1.81. The van der Waals surface area contributed by atoms with Crippen LogP contribution in [0.25, 0.3) is 5.52 Å². The number of likely N-dealkylation sites (tertiary alicyclic amines) is 1. The molecule has 2 atom stereocenters. The Morgan fingerprint density at radius 3 is 2.76 bits per heavy atom. The number of aromatic nitrogens is 2. The van der Waals surface area contributed by atoms with Crippen molar-refractivity contribution < 1.29 is 22.0 Å². The van der Waals surface area contributed by atoms with Crippen LogP contribution < -0.4 is 4.72 Å². The van der Waals surface area contributed by atoms with Crippen LogP contribution in [0.5, 0.6) is 0 Å². The van der Waals surface area contributed by atoms with E-state index in [1.54, 1.807) is 24.4 Å². The average Bonchev–Trinajstić information content (AvgIpc) is 3.53. The molecule has 0 spiro atoms. The van der Waals surface area contributed by atoms with E-state index < -0.39 is 40.0 Å². The second-order valence-corrected chi connectivity index (χ2v) is 9.94. The summed E-state index contributed by atoms with van der Waals surface area (Å²) >= 11 is 0. The van der Waals surface area contributed by atoms with Crippen molar-refractivity contribution in [1.82, 2.24) is 23.5 Å². The van der Waals surface area contributed by atoms with E-state index in [9.17, 15) is 22.0 Å². The monoisotopic (exact) mass is 475 g/mol. The van der Waals surface area contributed by atoms with Gasteiger partial charge in [0, 0.05) is 30.9 Å². The number of hydrogen-bond acceptors (Lipinski definition) is 5. The molecular weight excluding hydrogens is 452 g/mol. The number of nitrogens with zero attached hydrogens (tertiary/aromatic N) is 4. The van der Waals surface area contributed by atoms with Crippen LogP contribution in [0.1, 0.15) is 47.6 Å². The van der Waals surface area contributed by atoms with Crippen molar-refractivity contribution in [2.75, 3.05) is 13.1 Å². The smallest absolute Gasteiger partial charge is 0.280 e. The van der Waals surface area contributed by atoms with Gasteiger partial charge in [0.25, 0.3) is 5.91 Å². The molecule has 2 aliphatic rings. The van der Waals surface area contributed by atoms with Gasteiger partial charge >= 0.3 is 10.2 Å². The summed E-state index contributed by atoms with van der Waals surface area (Å²) in [5.41, 5.74) is 0.868. The molecule has 3 aromatic rings. The van der Waals surface area contributed by atoms with E-state index in [0.717, 1.165) is 18.6 Å². The highest BCUT2D eigenvalue weighted by Crippen LogP contribution is 2.39. The quantitative estimate of drug-likeness (QED) is 0.613. The first-order chi connectivity index (χ1) is 15.8. The van der Waals surface area contributed by atoms with E-state index in [1.165, 1.54) is 21.1 Å².